The maximum atomic E-state index is 13.0. The quantitative estimate of drug-likeness (QED) is 0.362. The van der Waals surface area contributed by atoms with E-state index < -0.39 is 65.3 Å². The van der Waals surface area contributed by atoms with Gasteiger partial charge < -0.3 is 10.4 Å². The first-order chi connectivity index (χ1) is 16.5. The Labute approximate surface area is 193 Å². The van der Waals surface area contributed by atoms with Crippen LogP contribution in [0.15, 0.2) is 30.9 Å². The van der Waals surface area contributed by atoms with E-state index in [1.807, 2.05) is 5.32 Å². The number of rotatable bonds is 6. The van der Waals surface area contributed by atoms with Gasteiger partial charge in [-0.1, -0.05) is 0 Å². The lowest BCUT2D eigenvalue weighted by Crippen LogP contribution is -2.22. The Balaban J connectivity index is 1.94. The summed E-state index contributed by atoms with van der Waals surface area (Å²) in [6.45, 7) is -1.45. The molecule has 0 amide bonds. The third kappa shape index (κ3) is 6.66. The number of aromatic nitrogens is 6. The number of carboxylic acids is 1. The molecule has 36 heavy (non-hydrogen) atoms. The standard InChI is InChI=1S/C18H10F9N7O2/c19-16(20,21)6-30-15-28-3-9(4-29-15)10(14(35)36)5-34-7-31-13(33-34)8-1-11(17(22,23)24)32-12(2-8)18(25,26)27/h1-5,7H,6H2,(H,35,36)(H,28,29,30)/b10-5+. The minimum Gasteiger partial charge on any atom is -0.478 e. The van der Waals surface area contributed by atoms with Gasteiger partial charge in [-0.15, -0.1) is 5.10 Å². The zero-order chi connectivity index (χ0) is 26.9. The van der Waals surface area contributed by atoms with Gasteiger partial charge in [0.25, 0.3) is 0 Å². The van der Waals surface area contributed by atoms with Crippen molar-refractivity contribution in [2.24, 2.45) is 0 Å². The largest absolute Gasteiger partial charge is 0.478 e. The molecule has 0 aliphatic rings. The Bertz CT molecular complexity index is 1250. The molecule has 3 aromatic heterocycles. The van der Waals surface area contributed by atoms with E-state index in [4.69, 9.17) is 0 Å². The van der Waals surface area contributed by atoms with Gasteiger partial charge in [0.15, 0.2) is 5.82 Å². The highest BCUT2D eigenvalue weighted by Crippen LogP contribution is 2.35. The van der Waals surface area contributed by atoms with Crippen LogP contribution in [0.2, 0.25) is 0 Å². The van der Waals surface area contributed by atoms with E-state index in [-0.39, 0.29) is 17.7 Å². The number of hydrogen-bond donors (Lipinski definition) is 2. The molecule has 0 aliphatic heterocycles. The third-order valence-corrected chi connectivity index (χ3v) is 4.07. The molecular weight excluding hydrogens is 517 g/mol. The topological polar surface area (TPSA) is 119 Å². The molecule has 3 rings (SSSR count). The summed E-state index contributed by atoms with van der Waals surface area (Å²) >= 11 is 0. The number of anilines is 1. The van der Waals surface area contributed by atoms with E-state index in [0.29, 0.717) is 4.68 Å². The average Bonchev–Trinajstić information content (AvgIpc) is 3.23. The number of aliphatic carboxylic acids is 1. The molecular formula is C18H10F9N7O2. The highest BCUT2D eigenvalue weighted by Gasteiger charge is 2.39. The summed E-state index contributed by atoms with van der Waals surface area (Å²) in [5.41, 5.74) is -5.17. The van der Waals surface area contributed by atoms with Crippen molar-refractivity contribution in [1.82, 2.24) is 29.7 Å². The molecule has 192 valence electrons. The maximum Gasteiger partial charge on any atom is 0.433 e. The molecule has 0 atom stereocenters. The van der Waals surface area contributed by atoms with Crippen molar-refractivity contribution in [1.29, 1.82) is 0 Å². The lowest BCUT2D eigenvalue weighted by atomic mass is 10.1. The minimum atomic E-state index is -5.21. The molecule has 3 heterocycles. The van der Waals surface area contributed by atoms with Crippen molar-refractivity contribution < 1.29 is 49.4 Å². The van der Waals surface area contributed by atoms with E-state index in [1.165, 1.54) is 0 Å². The van der Waals surface area contributed by atoms with Gasteiger partial charge >= 0.3 is 24.5 Å². The highest BCUT2D eigenvalue weighted by atomic mass is 19.4. The second-order valence-electron chi connectivity index (χ2n) is 6.78. The number of hydrogen-bond acceptors (Lipinski definition) is 7. The number of carbonyl (C=O) groups is 1. The number of pyridine rings is 1. The summed E-state index contributed by atoms with van der Waals surface area (Å²) in [5, 5.41) is 15.0. The summed E-state index contributed by atoms with van der Waals surface area (Å²) in [5.74, 6) is -2.66. The van der Waals surface area contributed by atoms with E-state index in [2.05, 4.69) is 25.0 Å². The third-order valence-electron chi connectivity index (χ3n) is 4.07. The van der Waals surface area contributed by atoms with E-state index in [0.717, 1.165) is 24.9 Å². The average molecular weight is 527 g/mol. The highest BCUT2D eigenvalue weighted by molar-refractivity contribution is 6.19. The molecule has 2 N–H and O–H groups in total. The molecule has 9 nitrogen and oxygen atoms in total. The number of carboxylic acid groups (broad SMARTS) is 1. The second kappa shape index (κ2) is 9.42. The minimum absolute atomic E-state index is 0.209. The second-order valence-corrected chi connectivity index (χ2v) is 6.78. The summed E-state index contributed by atoms with van der Waals surface area (Å²) in [4.78, 5) is 24.9. The van der Waals surface area contributed by atoms with E-state index in [9.17, 15) is 49.4 Å². The first-order valence-corrected chi connectivity index (χ1v) is 9.19. The monoisotopic (exact) mass is 527 g/mol. The van der Waals surface area contributed by atoms with Crippen LogP contribution in [0.4, 0.5) is 45.5 Å². The Morgan fingerprint density at radius 2 is 1.50 bits per heavy atom. The lowest BCUT2D eigenvalue weighted by Gasteiger charge is -2.11. The molecule has 3 aromatic rings. The molecule has 0 fully saturated rings. The Hall–Kier alpha value is -4.25. The molecule has 0 aliphatic carbocycles. The fourth-order valence-electron chi connectivity index (χ4n) is 2.54. The van der Waals surface area contributed by atoms with Crippen LogP contribution >= 0.6 is 0 Å². The normalized spacial score (nSPS) is 13.1. The predicted molar refractivity (Wildman–Crippen MR) is 102 cm³/mol. The number of nitrogens with one attached hydrogen (secondary N) is 1. The van der Waals surface area contributed by atoms with Crippen LogP contribution in [0.1, 0.15) is 17.0 Å². The van der Waals surface area contributed by atoms with Crippen LogP contribution in [0, 0.1) is 0 Å². The van der Waals surface area contributed by atoms with Crippen molar-refractivity contribution in [2.75, 3.05) is 11.9 Å². The van der Waals surface area contributed by atoms with Crippen LogP contribution in [0.25, 0.3) is 23.2 Å². The van der Waals surface area contributed by atoms with Gasteiger partial charge in [-0.2, -0.15) is 39.5 Å². The van der Waals surface area contributed by atoms with Gasteiger partial charge in [-0.25, -0.2) is 29.4 Å². The van der Waals surface area contributed by atoms with Gasteiger partial charge in [0.05, 0.1) is 5.57 Å². The Morgan fingerprint density at radius 3 is 1.97 bits per heavy atom. The van der Waals surface area contributed by atoms with Crippen molar-refractivity contribution in [3.63, 3.8) is 0 Å². The smallest absolute Gasteiger partial charge is 0.433 e. The maximum absolute atomic E-state index is 13.0. The fraction of sp³-hybridized carbons (Fsp3) is 0.222. The summed E-state index contributed by atoms with van der Waals surface area (Å²) in [6.07, 6.45) is -11.6. The van der Waals surface area contributed by atoms with Crippen molar-refractivity contribution in [3.05, 3.63) is 47.8 Å². The van der Waals surface area contributed by atoms with Gasteiger partial charge in [0, 0.05) is 29.7 Å². The van der Waals surface area contributed by atoms with Crippen LogP contribution < -0.4 is 5.32 Å². The van der Waals surface area contributed by atoms with Crippen LogP contribution in [0.5, 0.6) is 0 Å². The molecule has 0 saturated heterocycles. The van der Waals surface area contributed by atoms with Crippen LogP contribution in [0.3, 0.4) is 0 Å². The van der Waals surface area contributed by atoms with Gasteiger partial charge in [0.1, 0.15) is 24.3 Å². The molecule has 0 aromatic carbocycles. The number of alkyl halides is 9. The molecule has 18 heteroatoms. The summed E-state index contributed by atoms with van der Waals surface area (Å²) in [7, 11) is 0. The first kappa shape index (κ1) is 26.4. The number of nitrogens with zero attached hydrogens (tertiary/aromatic N) is 6. The zero-order valence-electron chi connectivity index (χ0n) is 17.1. The summed E-state index contributed by atoms with van der Waals surface area (Å²) < 4.78 is 116. The number of halogens is 9. The Morgan fingerprint density at radius 1 is 0.944 bits per heavy atom. The molecule has 0 spiro atoms. The van der Waals surface area contributed by atoms with Gasteiger partial charge in [0.2, 0.25) is 5.95 Å². The molecule has 0 saturated carbocycles. The lowest BCUT2D eigenvalue weighted by molar-refractivity contribution is -0.150. The van der Waals surface area contributed by atoms with E-state index >= 15 is 0 Å². The fourth-order valence-corrected chi connectivity index (χ4v) is 2.54. The molecule has 0 unspecified atom stereocenters. The van der Waals surface area contributed by atoms with Crippen LogP contribution in [-0.2, 0) is 17.1 Å². The van der Waals surface area contributed by atoms with Gasteiger partial charge in [-0.05, 0) is 12.1 Å². The van der Waals surface area contributed by atoms with Crippen molar-refractivity contribution >= 4 is 23.7 Å². The van der Waals surface area contributed by atoms with Crippen molar-refractivity contribution in [3.8, 4) is 11.4 Å². The van der Waals surface area contributed by atoms with E-state index in [1.54, 1.807) is 0 Å². The van der Waals surface area contributed by atoms with Crippen molar-refractivity contribution in [2.45, 2.75) is 18.5 Å². The van der Waals surface area contributed by atoms with Crippen LogP contribution in [-0.4, -0.2) is 53.5 Å². The summed E-state index contributed by atoms with van der Waals surface area (Å²) in [6, 6.07) is 0.578. The molecule has 0 radical (unpaired) electrons. The SMILES string of the molecule is O=C(O)/C(=C/n1cnc(-c2cc(C(F)(F)F)nc(C(F)(F)F)c2)n1)c1cnc(NCC(F)(F)F)nc1. The first-order valence-electron chi connectivity index (χ1n) is 9.19. The predicted octanol–water partition coefficient (Wildman–Crippen LogP) is 4.22. The molecule has 0 bridgehead atoms. The van der Waals surface area contributed by atoms with Gasteiger partial charge in [-0.3, -0.25) is 0 Å². The zero-order valence-corrected chi connectivity index (χ0v) is 17.1. The Kier molecular flexibility index (Phi) is 6.90.